The van der Waals surface area contributed by atoms with Crippen LogP contribution in [0.3, 0.4) is 0 Å². The van der Waals surface area contributed by atoms with E-state index in [1.54, 1.807) is 0 Å². The second-order valence-corrected chi connectivity index (χ2v) is 5.59. The Labute approximate surface area is 103 Å². The van der Waals surface area contributed by atoms with Crippen molar-refractivity contribution in [1.29, 1.82) is 0 Å². The van der Waals surface area contributed by atoms with Crippen LogP contribution in [0.5, 0.6) is 0 Å². The average Bonchev–Trinajstić information content (AvgIpc) is 3.04. The molecule has 1 amide bonds. The third kappa shape index (κ3) is 3.42. The van der Waals surface area contributed by atoms with Crippen LogP contribution < -0.4 is 11.1 Å². The molecule has 0 aromatic rings. The molecule has 2 fully saturated rings. The molecular formula is C13H24N2O2. The predicted octanol–water partition coefficient (Wildman–Crippen LogP) is 1.19. The highest BCUT2D eigenvalue weighted by Crippen LogP contribution is 2.38. The van der Waals surface area contributed by atoms with E-state index < -0.39 is 5.54 Å². The summed E-state index contributed by atoms with van der Waals surface area (Å²) in [7, 11) is 0. The summed E-state index contributed by atoms with van der Waals surface area (Å²) in [4.78, 5) is 11.9. The summed E-state index contributed by atoms with van der Waals surface area (Å²) in [5, 5.41) is 2.88. The number of hydrogen-bond acceptors (Lipinski definition) is 3. The Hall–Kier alpha value is -0.610. The average molecular weight is 240 g/mol. The smallest absolute Gasteiger partial charge is 0.240 e. The molecule has 2 aliphatic rings. The fourth-order valence-electron chi connectivity index (χ4n) is 2.50. The second kappa shape index (κ2) is 5.36. The first-order valence-electron chi connectivity index (χ1n) is 6.79. The molecule has 2 saturated carbocycles. The number of hydrogen-bond donors (Lipinski definition) is 2. The third-order valence-corrected chi connectivity index (χ3v) is 3.96. The molecule has 1 atom stereocenters. The lowest BCUT2D eigenvalue weighted by atomic mass is 9.96. The van der Waals surface area contributed by atoms with Gasteiger partial charge < -0.3 is 15.8 Å². The molecule has 0 aromatic heterocycles. The summed E-state index contributed by atoms with van der Waals surface area (Å²) in [6.07, 6.45) is 7.48. The maximum atomic E-state index is 11.9. The number of rotatable bonds is 6. The van der Waals surface area contributed by atoms with Gasteiger partial charge in [0.05, 0.1) is 18.2 Å². The number of amides is 1. The summed E-state index contributed by atoms with van der Waals surface area (Å²) >= 11 is 0. The molecule has 4 heteroatoms. The minimum Gasteiger partial charge on any atom is -0.376 e. The predicted molar refractivity (Wildman–Crippen MR) is 66.5 cm³/mol. The Kier molecular flexibility index (Phi) is 4.05. The maximum Gasteiger partial charge on any atom is 0.240 e. The summed E-state index contributed by atoms with van der Waals surface area (Å²) in [6.45, 7) is 3.02. The first-order chi connectivity index (χ1) is 8.10. The Balaban J connectivity index is 1.59. The molecular weight excluding hydrogens is 216 g/mol. The van der Waals surface area contributed by atoms with Gasteiger partial charge in [0, 0.05) is 6.54 Å². The molecule has 0 radical (unpaired) electrons. The van der Waals surface area contributed by atoms with Crippen LogP contribution in [0.1, 0.15) is 45.4 Å². The van der Waals surface area contributed by atoms with Gasteiger partial charge in [-0.15, -0.1) is 0 Å². The quantitative estimate of drug-likeness (QED) is 0.685. The minimum atomic E-state index is -0.687. The van der Waals surface area contributed by atoms with Crippen molar-refractivity contribution in [3.63, 3.8) is 0 Å². The summed E-state index contributed by atoms with van der Waals surface area (Å²) in [5.74, 6) is 0.341. The van der Waals surface area contributed by atoms with Crippen molar-refractivity contribution in [2.24, 2.45) is 11.7 Å². The first-order valence-corrected chi connectivity index (χ1v) is 6.79. The molecule has 2 aliphatic carbocycles. The van der Waals surface area contributed by atoms with Crippen LogP contribution in [0, 0.1) is 5.92 Å². The van der Waals surface area contributed by atoms with Gasteiger partial charge in [-0.05, 0) is 38.5 Å². The zero-order chi connectivity index (χ0) is 12.3. The standard InChI is InChI=1S/C13H24N2O2/c1-13(14,10-6-7-10)12(16)15-8-9-17-11-4-2-3-5-11/h10-11H,2-9,14H2,1H3,(H,15,16). The number of nitrogens with one attached hydrogen (secondary N) is 1. The van der Waals surface area contributed by atoms with E-state index in [-0.39, 0.29) is 5.91 Å². The van der Waals surface area contributed by atoms with E-state index in [2.05, 4.69) is 5.32 Å². The van der Waals surface area contributed by atoms with Crippen LogP contribution in [0.15, 0.2) is 0 Å². The number of ether oxygens (including phenoxy) is 1. The van der Waals surface area contributed by atoms with Crippen LogP contribution in [-0.2, 0) is 9.53 Å². The van der Waals surface area contributed by atoms with Crippen LogP contribution >= 0.6 is 0 Å². The van der Waals surface area contributed by atoms with Crippen molar-refractivity contribution < 1.29 is 9.53 Å². The molecule has 4 nitrogen and oxygen atoms in total. The fourth-order valence-corrected chi connectivity index (χ4v) is 2.50. The zero-order valence-electron chi connectivity index (χ0n) is 10.7. The highest BCUT2D eigenvalue weighted by molar-refractivity contribution is 5.86. The van der Waals surface area contributed by atoms with Gasteiger partial charge in [0.2, 0.25) is 5.91 Å². The van der Waals surface area contributed by atoms with E-state index in [4.69, 9.17) is 10.5 Å². The van der Waals surface area contributed by atoms with E-state index in [0.29, 0.717) is 25.2 Å². The van der Waals surface area contributed by atoms with Crippen LogP contribution in [0.25, 0.3) is 0 Å². The molecule has 0 bridgehead atoms. The number of carbonyl (C=O) groups excluding carboxylic acids is 1. The topological polar surface area (TPSA) is 64.4 Å². The van der Waals surface area contributed by atoms with Crippen molar-refractivity contribution in [3.8, 4) is 0 Å². The van der Waals surface area contributed by atoms with E-state index >= 15 is 0 Å². The summed E-state index contributed by atoms with van der Waals surface area (Å²) in [6, 6.07) is 0. The molecule has 0 aliphatic heterocycles. The lowest BCUT2D eigenvalue weighted by molar-refractivity contribution is -0.126. The summed E-state index contributed by atoms with van der Waals surface area (Å²) < 4.78 is 5.69. The lowest BCUT2D eigenvalue weighted by Gasteiger charge is -2.23. The van der Waals surface area contributed by atoms with Gasteiger partial charge >= 0.3 is 0 Å². The molecule has 2 rings (SSSR count). The molecule has 0 heterocycles. The van der Waals surface area contributed by atoms with E-state index in [1.807, 2.05) is 6.92 Å². The van der Waals surface area contributed by atoms with E-state index in [9.17, 15) is 4.79 Å². The Morgan fingerprint density at radius 3 is 2.59 bits per heavy atom. The van der Waals surface area contributed by atoms with Gasteiger partial charge in [-0.1, -0.05) is 12.8 Å². The molecule has 17 heavy (non-hydrogen) atoms. The maximum absolute atomic E-state index is 11.9. The fraction of sp³-hybridized carbons (Fsp3) is 0.923. The van der Waals surface area contributed by atoms with Crippen molar-refractivity contribution >= 4 is 5.91 Å². The highest BCUT2D eigenvalue weighted by atomic mass is 16.5. The Bertz CT molecular complexity index is 269. The number of carbonyl (C=O) groups is 1. The molecule has 0 spiro atoms. The monoisotopic (exact) mass is 240 g/mol. The molecule has 3 N–H and O–H groups in total. The second-order valence-electron chi connectivity index (χ2n) is 5.59. The van der Waals surface area contributed by atoms with Crippen molar-refractivity contribution in [2.75, 3.05) is 13.2 Å². The van der Waals surface area contributed by atoms with Crippen molar-refractivity contribution in [1.82, 2.24) is 5.32 Å². The van der Waals surface area contributed by atoms with Crippen LogP contribution in [-0.4, -0.2) is 30.7 Å². The van der Waals surface area contributed by atoms with Crippen molar-refractivity contribution in [2.45, 2.75) is 57.1 Å². The minimum absolute atomic E-state index is 0.0324. The SMILES string of the molecule is CC(N)(C(=O)NCCOC1CCCC1)C1CC1. The highest BCUT2D eigenvalue weighted by Gasteiger charge is 2.43. The first kappa shape index (κ1) is 12.8. The van der Waals surface area contributed by atoms with Gasteiger partial charge in [-0.2, -0.15) is 0 Å². The lowest BCUT2D eigenvalue weighted by Crippen LogP contribution is -2.53. The van der Waals surface area contributed by atoms with Gasteiger partial charge in [-0.25, -0.2) is 0 Å². The Morgan fingerprint density at radius 1 is 1.35 bits per heavy atom. The summed E-state index contributed by atoms with van der Waals surface area (Å²) in [5.41, 5.74) is 5.33. The van der Waals surface area contributed by atoms with E-state index in [0.717, 1.165) is 12.8 Å². The van der Waals surface area contributed by atoms with E-state index in [1.165, 1.54) is 25.7 Å². The molecule has 0 aromatic carbocycles. The Morgan fingerprint density at radius 2 is 2.00 bits per heavy atom. The van der Waals surface area contributed by atoms with Crippen LogP contribution in [0.2, 0.25) is 0 Å². The zero-order valence-corrected chi connectivity index (χ0v) is 10.7. The van der Waals surface area contributed by atoms with Gasteiger partial charge in [0.25, 0.3) is 0 Å². The van der Waals surface area contributed by atoms with Crippen LogP contribution in [0.4, 0.5) is 0 Å². The van der Waals surface area contributed by atoms with Gasteiger partial charge in [0.15, 0.2) is 0 Å². The molecule has 1 unspecified atom stereocenters. The van der Waals surface area contributed by atoms with Gasteiger partial charge in [0.1, 0.15) is 0 Å². The van der Waals surface area contributed by atoms with Gasteiger partial charge in [-0.3, -0.25) is 4.79 Å². The largest absolute Gasteiger partial charge is 0.376 e. The third-order valence-electron chi connectivity index (χ3n) is 3.96. The van der Waals surface area contributed by atoms with Crippen molar-refractivity contribution in [3.05, 3.63) is 0 Å². The molecule has 0 saturated heterocycles. The number of nitrogens with two attached hydrogens (primary N) is 1. The normalized spacial score (nSPS) is 24.6. The molecule has 98 valence electrons.